The predicted octanol–water partition coefficient (Wildman–Crippen LogP) is 2.83. The minimum atomic E-state index is -0.177. The van der Waals surface area contributed by atoms with Crippen LogP contribution >= 0.6 is 0 Å². The molecular formula is C22H29FN4O. The zero-order chi connectivity index (χ0) is 19.8. The number of nitrogens with zero attached hydrogens (tertiary/aromatic N) is 2. The fraction of sp³-hybridized carbons (Fsp3) is 0.409. The van der Waals surface area contributed by atoms with Gasteiger partial charge in [0.05, 0.1) is 13.2 Å². The van der Waals surface area contributed by atoms with Crippen LogP contribution in [0.5, 0.6) is 0 Å². The average Bonchev–Trinajstić information content (AvgIpc) is 2.72. The molecule has 2 aromatic rings. The molecule has 6 heteroatoms. The Morgan fingerprint density at radius 1 is 1.00 bits per heavy atom. The molecule has 1 saturated heterocycles. The molecule has 1 aliphatic heterocycles. The van der Waals surface area contributed by atoms with Crippen LogP contribution in [0.4, 0.5) is 4.39 Å². The van der Waals surface area contributed by atoms with Crippen LogP contribution in [0.15, 0.2) is 47.5 Å². The third-order valence-corrected chi connectivity index (χ3v) is 4.90. The summed E-state index contributed by atoms with van der Waals surface area (Å²) in [6.45, 7) is 7.68. The average molecular weight is 384 g/mol. The van der Waals surface area contributed by atoms with Crippen molar-refractivity contribution in [1.29, 1.82) is 0 Å². The molecule has 0 unspecified atom stereocenters. The number of nitrogens with one attached hydrogen (secondary N) is 2. The third-order valence-electron chi connectivity index (χ3n) is 4.90. The topological polar surface area (TPSA) is 48.9 Å². The molecule has 2 N–H and O–H groups in total. The van der Waals surface area contributed by atoms with E-state index in [0.717, 1.165) is 44.4 Å². The summed E-state index contributed by atoms with van der Waals surface area (Å²) >= 11 is 0. The van der Waals surface area contributed by atoms with Crippen molar-refractivity contribution in [3.05, 3.63) is 70.5 Å². The van der Waals surface area contributed by atoms with Gasteiger partial charge in [-0.05, 0) is 35.2 Å². The summed E-state index contributed by atoms with van der Waals surface area (Å²) in [6.07, 6.45) is 0. The molecule has 28 heavy (non-hydrogen) atoms. The van der Waals surface area contributed by atoms with Gasteiger partial charge in [-0.15, -0.1) is 0 Å². The van der Waals surface area contributed by atoms with E-state index in [-0.39, 0.29) is 5.82 Å². The van der Waals surface area contributed by atoms with Gasteiger partial charge in [-0.1, -0.05) is 36.4 Å². The minimum absolute atomic E-state index is 0.177. The first-order chi connectivity index (χ1) is 13.6. The number of hydrogen-bond donors (Lipinski definition) is 2. The standard InChI is InChI=1S/C22H29FN4O/c1-17-13-20(7-8-21(17)23)15-26-22(24-2)25-14-18-3-5-19(6-4-18)16-27-9-11-28-12-10-27/h3-8,13H,9-12,14-16H2,1-2H3,(H2,24,25,26). The van der Waals surface area contributed by atoms with Gasteiger partial charge in [0.1, 0.15) is 5.82 Å². The molecule has 0 aliphatic carbocycles. The van der Waals surface area contributed by atoms with E-state index in [9.17, 15) is 4.39 Å². The first-order valence-electron chi connectivity index (χ1n) is 9.71. The normalized spacial score (nSPS) is 15.5. The van der Waals surface area contributed by atoms with Crippen molar-refractivity contribution >= 4 is 5.96 Å². The van der Waals surface area contributed by atoms with Crippen LogP contribution in [0.3, 0.4) is 0 Å². The van der Waals surface area contributed by atoms with Crippen molar-refractivity contribution in [3.8, 4) is 0 Å². The van der Waals surface area contributed by atoms with E-state index in [4.69, 9.17) is 4.74 Å². The van der Waals surface area contributed by atoms with Gasteiger partial charge in [-0.3, -0.25) is 9.89 Å². The number of aryl methyl sites for hydroxylation is 1. The zero-order valence-corrected chi connectivity index (χ0v) is 16.7. The molecule has 1 fully saturated rings. The van der Waals surface area contributed by atoms with Gasteiger partial charge in [0.15, 0.2) is 5.96 Å². The highest BCUT2D eigenvalue weighted by Crippen LogP contribution is 2.10. The maximum atomic E-state index is 13.4. The highest BCUT2D eigenvalue weighted by molar-refractivity contribution is 5.79. The Hall–Kier alpha value is -2.44. The number of ether oxygens (including phenoxy) is 1. The number of aliphatic imine (C=N–C) groups is 1. The highest BCUT2D eigenvalue weighted by Gasteiger charge is 2.10. The maximum absolute atomic E-state index is 13.4. The van der Waals surface area contributed by atoms with Crippen molar-refractivity contribution < 1.29 is 9.13 Å². The van der Waals surface area contributed by atoms with E-state index in [1.165, 1.54) is 17.2 Å². The monoisotopic (exact) mass is 384 g/mol. The third kappa shape index (κ3) is 6.04. The number of rotatable bonds is 6. The van der Waals surface area contributed by atoms with Crippen molar-refractivity contribution in [2.24, 2.45) is 4.99 Å². The van der Waals surface area contributed by atoms with Gasteiger partial charge >= 0.3 is 0 Å². The summed E-state index contributed by atoms with van der Waals surface area (Å²) < 4.78 is 18.8. The quantitative estimate of drug-likeness (QED) is 0.594. The predicted molar refractivity (Wildman–Crippen MR) is 111 cm³/mol. The van der Waals surface area contributed by atoms with Gasteiger partial charge in [-0.2, -0.15) is 0 Å². The van der Waals surface area contributed by atoms with E-state index in [2.05, 4.69) is 44.8 Å². The molecule has 0 aromatic heterocycles. The second-order valence-corrected chi connectivity index (χ2v) is 7.07. The van der Waals surface area contributed by atoms with Gasteiger partial charge in [0.25, 0.3) is 0 Å². The number of guanidine groups is 1. The van der Waals surface area contributed by atoms with E-state index in [1.54, 1.807) is 20.0 Å². The second kappa shape index (κ2) is 10.2. The van der Waals surface area contributed by atoms with E-state index in [0.29, 0.717) is 18.7 Å². The van der Waals surface area contributed by atoms with Crippen molar-refractivity contribution in [2.45, 2.75) is 26.6 Å². The van der Waals surface area contributed by atoms with Crippen LogP contribution in [0.2, 0.25) is 0 Å². The molecule has 1 heterocycles. The van der Waals surface area contributed by atoms with Gasteiger partial charge < -0.3 is 15.4 Å². The minimum Gasteiger partial charge on any atom is -0.379 e. The lowest BCUT2D eigenvalue weighted by atomic mass is 10.1. The fourth-order valence-corrected chi connectivity index (χ4v) is 3.19. The van der Waals surface area contributed by atoms with Crippen LogP contribution in [0, 0.1) is 12.7 Å². The van der Waals surface area contributed by atoms with E-state index >= 15 is 0 Å². The van der Waals surface area contributed by atoms with Crippen molar-refractivity contribution in [2.75, 3.05) is 33.4 Å². The SMILES string of the molecule is CN=C(NCc1ccc(CN2CCOCC2)cc1)NCc1ccc(F)c(C)c1. The molecule has 5 nitrogen and oxygen atoms in total. The van der Waals surface area contributed by atoms with Crippen LogP contribution in [-0.2, 0) is 24.4 Å². The van der Waals surface area contributed by atoms with Crippen LogP contribution in [0.25, 0.3) is 0 Å². The van der Waals surface area contributed by atoms with Crippen LogP contribution in [0.1, 0.15) is 22.3 Å². The van der Waals surface area contributed by atoms with Gasteiger partial charge in [-0.25, -0.2) is 4.39 Å². The molecule has 2 aromatic carbocycles. The zero-order valence-electron chi connectivity index (χ0n) is 16.7. The summed E-state index contributed by atoms with van der Waals surface area (Å²) in [4.78, 5) is 6.67. The van der Waals surface area contributed by atoms with E-state index < -0.39 is 0 Å². The molecule has 0 radical (unpaired) electrons. The highest BCUT2D eigenvalue weighted by atomic mass is 19.1. The number of benzene rings is 2. The summed E-state index contributed by atoms with van der Waals surface area (Å²) in [5.41, 5.74) is 4.19. The summed E-state index contributed by atoms with van der Waals surface area (Å²) in [5.74, 6) is 0.544. The lowest BCUT2D eigenvalue weighted by molar-refractivity contribution is 0.0342. The molecule has 0 amide bonds. The Morgan fingerprint density at radius 3 is 2.25 bits per heavy atom. The number of hydrogen-bond acceptors (Lipinski definition) is 3. The molecule has 3 rings (SSSR count). The summed E-state index contributed by atoms with van der Waals surface area (Å²) in [7, 11) is 1.75. The molecule has 0 atom stereocenters. The van der Waals surface area contributed by atoms with Crippen molar-refractivity contribution in [3.63, 3.8) is 0 Å². The lowest BCUT2D eigenvalue weighted by Gasteiger charge is -2.26. The molecule has 150 valence electrons. The van der Waals surface area contributed by atoms with Gasteiger partial charge in [0, 0.05) is 39.8 Å². The largest absolute Gasteiger partial charge is 0.379 e. The summed E-state index contributed by atoms with van der Waals surface area (Å²) in [6, 6.07) is 13.8. The maximum Gasteiger partial charge on any atom is 0.191 e. The lowest BCUT2D eigenvalue weighted by Crippen LogP contribution is -2.36. The number of morpholine rings is 1. The molecule has 0 saturated carbocycles. The smallest absolute Gasteiger partial charge is 0.191 e. The van der Waals surface area contributed by atoms with Gasteiger partial charge in [0.2, 0.25) is 0 Å². The Balaban J connectivity index is 1.45. The molecule has 0 spiro atoms. The Kier molecular flexibility index (Phi) is 7.39. The molecule has 1 aliphatic rings. The van der Waals surface area contributed by atoms with Crippen LogP contribution < -0.4 is 10.6 Å². The van der Waals surface area contributed by atoms with E-state index in [1.807, 2.05) is 6.07 Å². The Morgan fingerprint density at radius 2 is 1.61 bits per heavy atom. The second-order valence-electron chi connectivity index (χ2n) is 7.07. The first kappa shape index (κ1) is 20.3. The van der Waals surface area contributed by atoms with Crippen molar-refractivity contribution in [1.82, 2.24) is 15.5 Å². The Labute approximate surface area is 166 Å². The number of halogens is 1. The fourth-order valence-electron chi connectivity index (χ4n) is 3.19. The Bertz CT molecular complexity index is 786. The van der Waals surface area contributed by atoms with Crippen LogP contribution in [-0.4, -0.2) is 44.2 Å². The first-order valence-corrected chi connectivity index (χ1v) is 9.71. The molecular weight excluding hydrogens is 355 g/mol. The summed E-state index contributed by atoms with van der Waals surface area (Å²) in [5, 5.41) is 6.59. The molecule has 0 bridgehead atoms.